The number of benzene rings is 1. The lowest BCUT2D eigenvalue weighted by Crippen LogP contribution is -2.22. The van der Waals surface area contributed by atoms with E-state index in [-0.39, 0.29) is 30.2 Å². The minimum atomic E-state index is 0. The van der Waals surface area contributed by atoms with Gasteiger partial charge in [0.15, 0.2) is 0 Å². The van der Waals surface area contributed by atoms with Gasteiger partial charge in [-0.2, -0.15) is 0 Å². The quantitative estimate of drug-likeness (QED) is 0.894. The second-order valence-corrected chi connectivity index (χ2v) is 5.77. The molecule has 2 aromatic rings. The zero-order valence-corrected chi connectivity index (χ0v) is 14.3. The van der Waals surface area contributed by atoms with Gasteiger partial charge in [-0.3, -0.25) is 4.98 Å². The number of aromatic nitrogens is 1. The largest absolute Gasteiger partial charge is 0.491 e. The zero-order valence-electron chi connectivity index (χ0n) is 12.6. The van der Waals surface area contributed by atoms with E-state index in [0.717, 1.165) is 11.3 Å². The van der Waals surface area contributed by atoms with Crippen LogP contribution in [0.5, 0.6) is 5.75 Å². The zero-order chi connectivity index (χ0) is 14.0. The highest BCUT2D eigenvalue weighted by atomic mass is 35.5. The van der Waals surface area contributed by atoms with Crippen molar-refractivity contribution in [2.24, 2.45) is 11.1 Å². The smallest absolute Gasteiger partial charge is 0.138 e. The topological polar surface area (TPSA) is 48.1 Å². The van der Waals surface area contributed by atoms with Crippen LogP contribution >= 0.6 is 24.8 Å². The monoisotopic (exact) mass is 340 g/mol. The van der Waals surface area contributed by atoms with Gasteiger partial charge in [0.05, 0.1) is 12.8 Å². The van der Waals surface area contributed by atoms with Crippen LogP contribution < -0.4 is 10.5 Å². The van der Waals surface area contributed by atoms with E-state index in [4.69, 9.17) is 10.5 Å². The maximum atomic E-state index is 5.87. The summed E-state index contributed by atoms with van der Waals surface area (Å²) >= 11 is 0. The van der Waals surface area contributed by atoms with Gasteiger partial charge in [-0.05, 0) is 31.4 Å². The lowest BCUT2D eigenvalue weighted by Gasteiger charge is -2.14. The van der Waals surface area contributed by atoms with Crippen molar-refractivity contribution in [3.05, 3.63) is 48.3 Å². The molecule has 0 radical (unpaired) electrons. The Labute approximate surface area is 144 Å². The van der Waals surface area contributed by atoms with Gasteiger partial charge in [0.2, 0.25) is 0 Å². The number of nitrogens with two attached hydrogens (primary N) is 1. The predicted octanol–water partition coefficient (Wildman–Crippen LogP) is 4.02. The first-order valence-corrected chi connectivity index (χ1v) is 7.06. The molecule has 1 aromatic heterocycles. The summed E-state index contributed by atoms with van der Waals surface area (Å²) in [4.78, 5) is 4.28. The highest BCUT2D eigenvalue weighted by Crippen LogP contribution is 2.44. The van der Waals surface area contributed by atoms with Crippen LogP contribution in [0.25, 0.3) is 11.1 Å². The van der Waals surface area contributed by atoms with E-state index >= 15 is 0 Å². The second-order valence-electron chi connectivity index (χ2n) is 5.77. The van der Waals surface area contributed by atoms with Crippen LogP contribution in [-0.4, -0.2) is 18.1 Å². The van der Waals surface area contributed by atoms with Gasteiger partial charge in [-0.15, -0.1) is 24.8 Å². The number of ether oxygens (including phenoxy) is 1. The summed E-state index contributed by atoms with van der Waals surface area (Å²) < 4.78 is 5.87. The van der Waals surface area contributed by atoms with Crippen LogP contribution in [0.2, 0.25) is 0 Å². The molecule has 0 spiro atoms. The van der Waals surface area contributed by atoms with E-state index in [2.05, 4.69) is 36.2 Å². The van der Waals surface area contributed by atoms with Crippen molar-refractivity contribution in [1.82, 2.24) is 4.98 Å². The molecule has 120 valence electrons. The molecule has 1 aromatic carbocycles. The Morgan fingerprint density at radius 1 is 1.14 bits per heavy atom. The molecule has 3 rings (SSSR count). The van der Waals surface area contributed by atoms with Gasteiger partial charge in [0.25, 0.3) is 0 Å². The predicted molar refractivity (Wildman–Crippen MR) is 95.1 cm³/mol. The Kier molecular flexibility index (Phi) is 6.66. The first-order chi connectivity index (χ1) is 9.71. The Morgan fingerprint density at radius 3 is 2.55 bits per heavy atom. The van der Waals surface area contributed by atoms with Gasteiger partial charge in [0.1, 0.15) is 5.75 Å². The Bertz CT molecular complexity index is 615. The van der Waals surface area contributed by atoms with Crippen molar-refractivity contribution >= 4 is 24.8 Å². The molecule has 22 heavy (non-hydrogen) atoms. The van der Waals surface area contributed by atoms with E-state index in [1.165, 1.54) is 24.0 Å². The van der Waals surface area contributed by atoms with Crippen molar-refractivity contribution in [3.8, 4) is 16.9 Å². The van der Waals surface area contributed by atoms with Crippen LogP contribution in [-0.2, 0) is 0 Å². The van der Waals surface area contributed by atoms with E-state index in [1.54, 1.807) is 6.20 Å². The molecule has 2 N–H and O–H groups in total. The fourth-order valence-electron chi connectivity index (χ4n) is 2.30. The molecule has 1 saturated carbocycles. The molecule has 0 bridgehead atoms. The van der Waals surface area contributed by atoms with E-state index in [0.29, 0.717) is 13.2 Å². The third kappa shape index (κ3) is 4.35. The van der Waals surface area contributed by atoms with Crippen molar-refractivity contribution in [2.75, 3.05) is 13.2 Å². The molecule has 3 nitrogen and oxygen atoms in total. The van der Waals surface area contributed by atoms with E-state index < -0.39 is 0 Å². The SMILES string of the molecule is Cc1cccc(-c2cncc(OCC3(CN)CC3)c2)c1.Cl.Cl. The Morgan fingerprint density at radius 2 is 1.91 bits per heavy atom. The van der Waals surface area contributed by atoms with Crippen LogP contribution in [0, 0.1) is 12.3 Å². The number of pyridine rings is 1. The normalized spacial score (nSPS) is 14.5. The van der Waals surface area contributed by atoms with Crippen molar-refractivity contribution in [2.45, 2.75) is 19.8 Å². The van der Waals surface area contributed by atoms with Crippen LogP contribution in [0.1, 0.15) is 18.4 Å². The molecule has 5 heteroatoms. The van der Waals surface area contributed by atoms with E-state index in [9.17, 15) is 0 Å². The third-order valence-corrected chi connectivity index (χ3v) is 4.00. The summed E-state index contributed by atoms with van der Waals surface area (Å²) in [5.74, 6) is 0.823. The van der Waals surface area contributed by atoms with Crippen LogP contribution in [0.15, 0.2) is 42.7 Å². The molecular weight excluding hydrogens is 319 g/mol. The maximum absolute atomic E-state index is 5.87. The summed E-state index contributed by atoms with van der Waals surface area (Å²) in [6, 6.07) is 10.5. The average Bonchev–Trinajstić information content (AvgIpc) is 3.26. The lowest BCUT2D eigenvalue weighted by molar-refractivity contribution is 0.238. The van der Waals surface area contributed by atoms with Gasteiger partial charge in [-0.1, -0.05) is 29.8 Å². The summed E-state index contributed by atoms with van der Waals surface area (Å²) in [6.07, 6.45) is 5.99. The lowest BCUT2D eigenvalue weighted by atomic mass is 10.1. The average molecular weight is 341 g/mol. The van der Waals surface area contributed by atoms with Gasteiger partial charge in [-0.25, -0.2) is 0 Å². The van der Waals surface area contributed by atoms with Crippen molar-refractivity contribution in [3.63, 3.8) is 0 Å². The summed E-state index contributed by atoms with van der Waals surface area (Å²) in [5.41, 5.74) is 9.50. The number of nitrogens with zero attached hydrogens (tertiary/aromatic N) is 1. The first-order valence-electron chi connectivity index (χ1n) is 7.06. The molecule has 1 fully saturated rings. The number of halogens is 2. The number of aryl methyl sites for hydroxylation is 1. The summed E-state index contributed by atoms with van der Waals surface area (Å²) in [6.45, 7) is 3.50. The highest BCUT2D eigenvalue weighted by molar-refractivity contribution is 5.85. The minimum Gasteiger partial charge on any atom is -0.491 e. The molecule has 0 saturated heterocycles. The molecule has 1 aliphatic rings. The molecular formula is C17H22Cl2N2O. The standard InChI is InChI=1S/C17H20N2O.2ClH/c1-13-3-2-4-14(7-13)15-8-16(10-19-9-15)20-12-17(11-18)5-6-17;;/h2-4,7-10H,5-6,11-12,18H2,1H3;2*1H. The minimum absolute atomic E-state index is 0. The Hall–Kier alpha value is -1.29. The molecule has 0 amide bonds. The highest BCUT2D eigenvalue weighted by Gasteiger charge is 2.42. The van der Waals surface area contributed by atoms with E-state index in [1.807, 2.05) is 12.3 Å². The van der Waals surface area contributed by atoms with Crippen molar-refractivity contribution < 1.29 is 4.74 Å². The number of rotatable bonds is 5. The maximum Gasteiger partial charge on any atom is 0.138 e. The van der Waals surface area contributed by atoms with Gasteiger partial charge in [0, 0.05) is 23.7 Å². The molecule has 0 unspecified atom stereocenters. The van der Waals surface area contributed by atoms with Crippen LogP contribution in [0.4, 0.5) is 0 Å². The van der Waals surface area contributed by atoms with Crippen LogP contribution in [0.3, 0.4) is 0 Å². The molecule has 1 heterocycles. The molecule has 0 aliphatic heterocycles. The Balaban J connectivity index is 0.00000121. The van der Waals surface area contributed by atoms with Gasteiger partial charge < -0.3 is 10.5 Å². The summed E-state index contributed by atoms with van der Waals surface area (Å²) in [5, 5.41) is 0. The summed E-state index contributed by atoms with van der Waals surface area (Å²) in [7, 11) is 0. The third-order valence-electron chi connectivity index (χ3n) is 4.00. The fourth-order valence-corrected chi connectivity index (χ4v) is 2.30. The van der Waals surface area contributed by atoms with Gasteiger partial charge >= 0.3 is 0 Å². The fraction of sp³-hybridized carbons (Fsp3) is 0.353. The number of hydrogen-bond acceptors (Lipinski definition) is 3. The molecule has 0 atom stereocenters. The number of hydrogen-bond donors (Lipinski definition) is 1. The van der Waals surface area contributed by atoms with Crippen molar-refractivity contribution in [1.29, 1.82) is 0 Å². The second kappa shape index (κ2) is 7.82. The molecule has 1 aliphatic carbocycles. The first kappa shape index (κ1) is 18.8.